The van der Waals surface area contributed by atoms with Crippen LogP contribution in [0.1, 0.15) is 35.7 Å². The third kappa shape index (κ3) is 4.24. The van der Waals surface area contributed by atoms with E-state index < -0.39 is 30.0 Å². The van der Waals surface area contributed by atoms with Crippen molar-refractivity contribution >= 4 is 11.8 Å². The Balaban J connectivity index is 2.31. The highest BCUT2D eigenvalue weighted by atomic mass is 19.4. The first kappa shape index (κ1) is 18.2. The molecular formula is C16H18F4N2O2. The Morgan fingerprint density at radius 2 is 1.88 bits per heavy atom. The molecule has 2 rings (SSSR count). The van der Waals surface area contributed by atoms with E-state index in [9.17, 15) is 27.2 Å². The number of rotatable bonds is 2. The third-order valence-electron chi connectivity index (χ3n) is 3.92. The summed E-state index contributed by atoms with van der Waals surface area (Å²) in [5.41, 5.74) is 0.308. The second-order valence-corrected chi connectivity index (χ2v) is 6.01. The van der Waals surface area contributed by atoms with Crippen molar-refractivity contribution in [2.24, 2.45) is 0 Å². The van der Waals surface area contributed by atoms with Gasteiger partial charge in [0, 0.05) is 25.1 Å². The molecular weight excluding hydrogens is 328 g/mol. The van der Waals surface area contributed by atoms with Crippen LogP contribution in [-0.2, 0) is 4.79 Å². The van der Waals surface area contributed by atoms with E-state index in [0.29, 0.717) is 10.5 Å². The van der Waals surface area contributed by atoms with Gasteiger partial charge in [-0.1, -0.05) is 0 Å². The molecule has 0 aliphatic carbocycles. The molecule has 1 fully saturated rings. The van der Waals surface area contributed by atoms with Crippen LogP contribution in [0, 0.1) is 12.7 Å². The molecule has 2 amide bonds. The monoisotopic (exact) mass is 346 g/mol. The number of hydrogen-bond donors (Lipinski definition) is 1. The van der Waals surface area contributed by atoms with Crippen molar-refractivity contribution in [2.75, 3.05) is 6.54 Å². The summed E-state index contributed by atoms with van der Waals surface area (Å²) in [6.07, 6.45) is -4.77. The van der Waals surface area contributed by atoms with Crippen LogP contribution in [0.25, 0.3) is 0 Å². The summed E-state index contributed by atoms with van der Waals surface area (Å²) in [7, 11) is 0. The predicted molar refractivity (Wildman–Crippen MR) is 78.9 cm³/mol. The average Bonchev–Trinajstić information content (AvgIpc) is 2.43. The molecule has 1 aromatic carbocycles. The number of nitrogens with one attached hydrogen (secondary N) is 1. The Kier molecular flexibility index (Phi) is 5.15. The van der Waals surface area contributed by atoms with E-state index in [1.165, 1.54) is 19.1 Å². The summed E-state index contributed by atoms with van der Waals surface area (Å²) in [4.78, 5) is 24.4. The van der Waals surface area contributed by atoms with Gasteiger partial charge in [0.1, 0.15) is 11.9 Å². The van der Waals surface area contributed by atoms with Gasteiger partial charge >= 0.3 is 6.18 Å². The zero-order chi connectivity index (χ0) is 18.1. The molecule has 0 saturated carbocycles. The first-order chi connectivity index (χ1) is 11.1. The van der Waals surface area contributed by atoms with Crippen LogP contribution < -0.4 is 5.32 Å². The van der Waals surface area contributed by atoms with Crippen molar-refractivity contribution in [1.82, 2.24) is 10.2 Å². The summed E-state index contributed by atoms with van der Waals surface area (Å²) >= 11 is 0. The molecule has 0 unspecified atom stereocenters. The van der Waals surface area contributed by atoms with Gasteiger partial charge in [0.05, 0.1) is 0 Å². The lowest BCUT2D eigenvalue weighted by Crippen LogP contribution is -2.58. The fourth-order valence-electron chi connectivity index (χ4n) is 2.97. The van der Waals surface area contributed by atoms with Crippen molar-refractivity contribution in [3.63, 3.8) is 0 Å². The zero-order valence-electron chi connectivity index (χ0n) is 13.3. The number of alkyl halides is 3. The number of halogens is 4. The Hall–Kier alpha value is -2.12. The van der Waals surface area contributed by atoms with Gasteiger partial charge in [-0.2, -0.15) is 13.2 Å². The Labute approximate surface area is 136 Å². The smallest absolute Gasteiger partial charge is 0.352 e. The molecule has 132 valence electrons. The van der Waals surface area contributed by atoms with E-state index in [2.05, 4.69) is 5.32 Å². The van der Waals surface area contributed by atoms with Crippen LogP contribution in [0.2, 0.25) is 0 Å². The van der Waals surface area contributed by atoms with Crippen LogP contribution in [0.4, 0.5) is 17.6 Å². The number of likely N-dealkylation sites (tertiary alicyclic amines) is 1. The van der Waals surface area contributed by atoms with Gasteiger partial charge in [-0.25, -0.2) is 4.39 Å². The van der Waals surface area contributed by atoms with Gasteiger partial charge in [0.15, 0.2) is 0 Å². The van der Waals surface area contributed by atoms with Crippen molar-refractivity contribution in [2.45, 2.75) is 44.9 Å². The fourth-order valence-corrected chi connectivity index (χ4v) is 2.97. The molecule has 0 aromatic heterocycles. The molecule has 0 radical (unpaired) electrons. The summed E-state index contributed by atoms with van der Waals surface area (Å²) in [6.45, 7) is 2.55. The summed E-state index contributed by atoms with van der Waals surface area (Å²) in [5.74, 6) is -1.95. The number of piperidine rings is 1. The van der Waals surface area contributed by atoms with Crippen molar-refractivity contribution in [3.05, 3.63) is 35.1 Å². The number of hydrogen-bond acceptors (Lipinski definition) is 2. The van der Waals surface area contributed by atoms with E-state index >= 15 is 0 Å². The number of carbonyl (C=O) groups is 2. The highest BCUT2D eigenvalue weighted by Gasteiger charge is 2.48. The maximum absolute atomic E-state index is 13.5. The quantitative estimate of drug-likeness (QED) is 0.837. The van der Waals surface area contributed by atoms with E-state index in [1.807, 2.05) is 0 Å². The minimum atomic E-state index is -4.58. The normalized spacial score (nSPS) is 21.5. The van der Waals surface area contributed by atoms with Crippen molar-refractivity contribution in [1.29, 1.82) is 0 Å². The number of benzene rings is 1. The van der Waals surface area contributed by atoms with E-state index in [0.717, 1.165) is 6.07 Å². The second-order valence-electron chi connectivity index (χ2n) is 6.01. The van der Waals surface area contributed by atoms with Crippen LogP contribution in [0.3, 0.4) is 0 Å². The SMILES string of the molecule is CC(=O)N[C@@H]1CC[C@@H](C(F)(F)F)N(C(=O)c2cc(C)cc(F)c2)C1. The fraction of sp³-hybridized carbons (Fsp3) is 0.500. The standard InChI is InChI=1S/C16H18F4N2O2/c1-9-5-11(7-12(17)6-9)15(24)22-8-13(21-10(2)23)3-4-14(22)16(18,19)20/h5-7,13-14H,3-4,8H2,1-2H3,(H,21,23)/t13-,14+/m1/s1. The van der Waals surface area contributed by atoms with E-state index in [4.69, 9.17) is 0 Å². The first-order valence-corrected chi connectivity index (χ1v) is 7.50. The number of amides is 2. The molecule has 0 bridgehead atoms. The van der Waals surface area contributed by atoms with Crippen LogP contribution in [0.5, 0.6) is 0 Å². The highest BCUT2D eigenvalue weighted by Crippen LogP contribution is 2.33. The number of nitrogens with zero attached hydrogens (tertiary/aromatic N) is 1. The lowest BCUT2D eigenvalue weighted by atomic mass is 9.96. The van der Waals surface area contributed by atoms with Gasteiger partial charge < -0.3 is 10.2 Å². The molecule has 4 nitrogen and oxygen atoms in total. The topological polar surface area (TPSA) is 49.4 Å². The van der Waals surface area contributed by atoms with Crippen LogP contribution in [-0.4, -0.2) is 41.5 Å². The lowest BCUT2D eigenvalue weighted by Gasteiger charge is -2.40. The largest absolute Gasteiger partial charge is 0.408 e. The lowest BCUT2D eigenvalue weighted by molar-refractivity contribution is -0.184. The molecule has 1 saturated heterocycles. The minimum absolute atomic E-state index is 0.121. The second kappa shape index (κ2) is 6.78. The van der Waals surface area contributed by atoms with Gasteiger partial charge in [0.2, 0.25) is 5.91 Å². The van der Waals surface area contributed by atoms with Crippen LogP contribution in [0.15, 0.2) is 18.2 Å². The zero-order valence-corrected chi connectivity index (χ0v) is 13.3. The van der Waals surface area contributed by atoms with E-state index in [1.54, 1.807) is 6.92 Å². The Morgan fingerprint density at radius 1 is 1.21 bits per heavy atom. The summed E-state index contributed by atoms with van der Waals surface area (Å²) in [5, 5.41) is 2.54. The van der Waals surface area contributed by atoms with E-state index in [-0.39, 0.29) is 30.9 Å². The van der Waals surface area contributed by atoms with Gasteiger partial charge in [-0.3, -0.25) is 9.59 Å². The number of aryl methyl sites for hydroxylation is 1. The molecule has 2 atom stereocenters. The highest BCUT2D eigenvalue weighted by molar-refractivity contribution is 5.94. The van der Waals surface area contributed by atoms with Crippen molar-refractivity contribution < 1.29 is 27.2 Å². The maximum Gasteiger partial charge on any atom is 0.408 e. The third-order valence-corrected chi connectivity index (χ3v) is 3.92. The molecule has 1 aromatic rings. The van der Waals surface area contributed by atoms with Gasteiger partial charge in [0.25, 0.3) is 5.91 Å². The Bertz CT molecular complexity index is 625. The maximum atomic E-state index is 13.5. The average molecular weight is 346 g/mol. The molecule has 1 aliphatic heterocycles. The molecule has 0 spiro atoms. The summed E-state index contributed by atoms with van der Waals surface area (Å²) in [6, 6.07) is 0.957. The summed E-state index contributed by atoms with van der Waals surface area (Å²) < 4.78 is 53.3. The Morgan fingerprint density at radius 3 is 2.42 bits per heavy atom. The number of carbonyl (C=O) groups excluding carboxylic acids is 2. The molecule has 24 heavy (non-hydrogen) atoms. The molecule has 1 N–H and O–H groups in total. The van der Waals surface area contributed by atoms with Crippen LogP contribution >= 0.6 is 0 Å². The van der Waals surface area contributed by atoms with Gasteiger partial charge in [-0.05, 0) is 43.5 Å². The van der Waals surface area contributed by atoms with Crippen molar-refractivity contribution in [3.8, 4) is 0 Å². The minimum Gasteiger partial charge on any atom is -0.352 e. The first-order valence-electron chi connectivity index (χ1n) is 7.50. The van der Waals surface area contributed by atoms with Gasteiger partial charge in [-0.15, -0.1) is 0 Å². The predicted octanol–water partition coefficient (Wildman–Crippen LogP) is 2.81. The molecule has 8 heteroatoms. The molecule has 1 heterocycles. The molecule has 1 aliphatic rings.